The van der Waals surface area contributed by atoms with Crippen LogP contribution in [0.15, 0.2) is 9.98 Å². The first kappa shape index (κ1) is 17.1. The van der Waals surface area contributed by atoms with Crippen molar-refractivity contribution in [3.63, 3.8) is 0 Å². The van der Waals surface area contributed by atoms with Crippen molar-refractivity contribution in [2.75, 3.05) is 32.0 Å². The van der Waals surface area contributed by atoms with Crippen LogP contribution in [0.25, 0.3) is 0 Å². The average Bonchev–Trinajstić information content (AvgIpc) is 2.48. The van der Waals surface area contributed by atoms with Crippen LogP contribution in [-0.4, -0.2) is 59.6 Å². The van der Waals surface area contributed by atoms with E-state index in [2.05, 4.69) is 14.9 Å². The molecular weight excluding hydrogens is 302 g/mol. The standard InChI is InChI=1S/C15H23N3O3S/c1-3-21-14(19)12-11(2)16-15(20)17-13(12)22-10-9-18-7-5-4-6-8-18/h12H,3-10H2,1-2H3. The summed E-state index contributed by atoms with van der Waals surface area (Å²) in [5, 5.41) is 0.521. The first-order valence-corrected chi connectivity index (χ1v) is 8.80. The van der Waals surface area contributed by atoms with E-state index < -0.39 is 11.9 Å². The summed E-state index contributed by atoms with van der Waals surface area (Å²) in [5.41, 5.74) is 0.471. The van der Waals surface area contributed by atoms with Gasteiger partial charge in [-0.25, -0.2) is 4.79 Å². The lowest BCUT2D eigenvalue weighted by atomic mass is 10.1. The highest BCUT2D eigenvalue weighted by Crippen LogP contribution is 2.22. The molecule has 0 saturated carbocycles. The van der Waals surface area contributed by atoms with Gasteiger partial charge < -0.3 is 9.64 Å². The van der Waals surface area contributed by atoms with E-state index in [1.807, 2.05) is 0 Å². The maximum Gasteiger partial charge on any atom is 0.367 e. The number of hydrogen-bond donors (Lipinski definition) is 0. The van der Waals surface area contributed by atoms with Gasteiger partial charge in [-0.3, -0.25) is 4.79 Å². The molecule has 1 saturated heterocycles. The number of urea groups is 1. The summed E-state index contributed by atoms with van der Waals surface area (Å²) >= 11 is 1.47. The molecule has 1 unspecified atom stereocenters. The number of amides is 2. The Labute approximate surface area is 135 Å². The fourth-order valence-electron chi connectivity index (χ4n) is 2.65. The van der Waals surface area contributed by atoms with E-state index in [1.54, 1.807) is 13.8 Å². The van der Waals surface area contributed by atoms with Gasteiger partial charge in [-0.1, -0.05) is 6.42 Å². The van der Waals surface area contributed by atoms with Crippen LogP contribution in [0.3, 0.4) is 0 Å². The molecule has 2 aliphatic rings. The van der Waals surface area contributed by atoms with Crippen LogP contribution in [0.2, 0.25) is 0 Å². The summed E-state index contributed by atoms with van der Waals surface area (Å²) in [6, 6.07) is -0.529. The molecule has 122 valence electrons. The lowest BCUT2D eigenvalue weighted by Gasteiger charge is -2.26. The molecule has 0 aliphatic carbocycles. The van der Waals surface area contributed by atoms with Crippen LogP contribution in [-0.2, 0) is 9.53 Å². The van der Waals surface area contributed by atoms with Crippen molar-refractivity contribution >= 4 is 34.5 Å². The number of hydrogen-bond acceptors (Lipinski definition) is 5. The summed E-state index contributed by atoms with van der Waals surface area (Å²) in [7, 11) is 0. The molecule has 2 rings (SSSR count). The van der Waals surface area contributed by atoms with E-state index in [9.17, 15) is 9.59 Å². The van der Waals surface area contributed by atoms with Gasteiger partial charge >= 0.3 is 12.0 Å². The Hall–Kier alpha value is -1.21. The minimum Gasteiger partial charge on any atom is -0.465 e. The minimum atomic E-state index is -0.621. The number of likely N-dealkylation sites (tertiary alicyclic amines) is 1. The molecule has 1 atom stereocenters. The molecular formula is C15H23N3O3S. The lowest BCUT2D eigenvalue weighted by molar-refractivity contribution is -0.143. The van der Waals surface area contributed by atoms with E-state index in [1.165, 1.54) is 31.0 Å². The third kappa shape index (κ3) is 4.64. The minimum absolute atomic E-state index is 0.308. The Morgan fingerprint density at radius 2 is 2.05 bits per heavy atom. The summed E-state index contributed by atoms with van der Waals surface area (Å²) in [6.07, 6.45) is 3.81. The van der Waals surface area contributed by atoms with Crippen molar-refractivity contribution < 1.29 is 14.3 Å². The van der Waals surface area contributed by atoms with Crippen LogP contribution < -0.4 is 0 Å². The highest BCUT2D eigenvalue weighted by molar-refractivity contribution is 8.14. The second-order valence-electron chi connectivity index (χ2n) is 5.42. The average molecular weight is 325 g/mol. The van der Waals surface area contributed by atoms with Crippen molar-refractivity contribution in [2.24, 2.45) is 15.9 Å². The molecule has 0 radical (unpaired) electrons. The fourth-order valence-corrected chi connectivity index (χ4v) is 3.79. The van der Waals surface area contributed by atoms with Crippen molar-refractivity contribution in [1.82, 2.24) is 4.90 Å². The zero-order valence-electron chi connectivity index (χ0n) is 13.2. The maximum absolute atomic E-state index is 12.1. The van der Waals surface area contributed by atoms with E-state index >= 15 is 0 Å². The Morgan fingerprint density at radius 3 is 2.73 bits per heavy atom. The summed E-state index contributed by atoms with van der Waals surface area (Å²) < 4.78 is 5.08. The first-order chi connectivity index (χ1) is 10.6. The van der Waals surface area contributed by atoms with Gasteiger partial charge in [-0.15, -0.1) is 11.8 Å². The molecule has 0 spiro atoms. The van der Waals surface area contributed by atoms with Gasteiger partial charge in [0.25, 0.3) is 0 Å². The largest absolute Gasteiger partial charge is 0.465 e. The van der Waals surface area contributed by atoms with Crippen LogP contribution in [0.1, 0.15) is 33.1 Å². The van der Waals surface area contributed by atoms with Gasteiger partial charge in [-0.05, 0) is 39.8 Å². The van der Waals surface area contributed by atoms with Gasteiger partial charge in [0.2, 0.25) is 0 Å². The van der Waals surface area contributed by atoms with E-state index in [4.69, 9.17) is 4.74 Å². The summed E-state index contributed by atoms with van der Waals surface area (Å²) in [4.78, 5) is 33.7. The molecule has 0 N–H and O–H groups in total. The zero-order chi connectivity index (χ0) is 15.9. The van der Waals surface area contributed by atoms with Crippen LogP contribution >= 0.6 is 11.8 Å². The molecule has 1 fully saturated rings. The van der Waals surface area contributed by atoms with Gasteiger partial charge in [0, 0.05) is 18.0 Å². The predicted octanol–water partition coefficient (Wildman–Crippen LogP) is 2.38. The monoisotopic (exact) mass is 325 g/mol. The number of carbonyl (C=O) groups excluding carboxylic acids is 2. The molecule has 0 aromatic carbocycles. The van der Waals surface area contributed by atoms with E-state index in [0.717, 1.165) is 25.4 Å². The van der Waals surface area contributed by atoms with Gasteiger partial charge in [0.1, 0.15) is 5.92 Å². The predicted molar refractivity (Wildman–Crippen MR) is 88.8 cm³/mol. The second-order valence-corrected chi connectivity index (χ2v) is 6.54. The number of rotatable bonds is 5. The molecule has 0 aromatic rings. The third-order valence-corrected chi connectivity index (χ3v) is 4.78. The quantitative estimate of drug-likeness (QED) is 0.726. The Balaban J connectivity index is 1.93. The molecule has 2 heterocycles. The number of nitrogens with zero attached hydrogens (tertiary/aromatic N) is 3. The molecule has 2 aliphatic heterocycles. The summed E-state index contributed by atoms with van der Waals surface area (Å²) in [6.45, 7) is 6.96. The highest BCUT2D eigenvalue weighted by atomic mass is 32.2. The first-order valence-electron chi connectivity index (χ1n) is 7.81. The fraction of sp³-hybridized carbons (Fsp3) is 0.733. The molecule has 0 bridgehead atoms. The van der Waals surface area contributed by atoms with Crippen molar-refractivity contribution in [2.45, 2.75) is 33.1 Å². The normalized spacial score (nSPS) is 23.0. The number of carbonyl (C=O) groups is 2. The molecule has 7 heteroatoms. The van der Waals surface area contributed by atoms with Crippen molar-refractivity contribution in [1.29, 1.82) is 0 Å². The zero-order valence-corrected chi connectivity index (χ0v) is 14.0. The number of aliphatic imine (C=N–C) groups is 2. The van der Waals surface area contributed by atoms with Gasteiger partial charge in [-0.2, -0.15) is 9.98 Å². The van der Waals surface area contributed by atoms with Crippen LogP contribution in [0, 0.1) is 5.92 Å². The summed E-state index contributed by atoms with van der Waals surface area (Å²) in [5.74, 6) is -0.181. The second kappa shape index (κ2) is 8.43. The lowest BCUT2D eigenvalue weighted by Crippen LogP contribution is -2.35. The van der Waals surface area contributed by atoms with Crippen LogP contribution in [0.5, 0.6) is 0 Å². The van der Waals surface area contributed by atoms with Crippen LogP contribution in [0.4, 0.5) is 4.79 Å². The highest BCUT2D eigenvalue weighted by Gasteiger charge is 2.33. The van der Waals surface area contributed by atoms with Gasteiger partial charge in [0.15, 0.2) is 0 Å². The number of ether oxygens (including phenoxy) is 1. The Bertz CT molecular complexity index is 484. The topological polar surface area (TPSA) is 71.3 Å². The van der Waals surface area contributed by atoms with E-state index in [-0.39, 0.29) is 5.97 Å². The van der Waals surface area contributed by atoms with Gasteiger partial charge in [0.05, 0.1) is 11.7 Å². The molecule has 22 heavy (non-hydrogen) atoms. The number of esters is 1. The Kier molecular flexibility index (Phi) is 6.57. The molecule has 6 nitrogen and oxygen atoms in total. The van der Waals surface area contributed by atoms with Crippen molar-refractivity contribution in [3.05, 3.63) is 0 Å². The number of piperidine rings is 1. The third-order valence-electron chi connectivity index (χ3n) is 3.77. The van der Waals surface area contributed by atoms with Crippen molar-refractivity contribution in [3.8, 4) is 0 Å². The molecule has 0 aromatic heterocycles. The van der Waals surface area contributed by atoms with E-state index in [0.29, 0.717) is 17.4 Å². The number of thioether (sulfide) groups is 1. The SMILES string of the molecule is CCOC(=O)C1C(C)=NC(=O)N=C1SCCN1CCCCC1. The Morgan fingerprint density at radius 1 is 1.32 bits per heavy atom. The maximum atomic E-state index is 12.1. The smallest absolute Gasteiger partial charge is 0.367 e. The molecule has 2 amide bonds.